The Kier molecular flexibility index (Phi) is 11.9. The number of benzene rings is 2. The van der Waals surface area contributed by atoms with Crippen LogP contribution in [0.2, 0.25) is 0 Å². The number of hydrogen-bond donors (Lipinski definition) is 2. The molecule has 0 spiro atoms. The van der Waals surface area contributed by atoms with Crippen molar-refractivity contribution < 1.29 is 32.9 Å². The van der Waals surface area contributed by atoms with E-state index in [0.717, 1.165) is 37.7 Å². The second-order valence-electron chi connectivity index (χ2n) is 11.9. The van der Waals surface area contributed by atoms with Crippen molar-refractivity contribution in [2.75, 3.05) is 37.7 Å². The summed E-state index contributed by atoms with van der Waals surface area (Å²) in [6.07, 6.45) is 5.31. The Hall–Kier alpha value is -2.98. The second-order valence-corrected chi connectivity index (χ2v) is 13.7. The van der Waals surface area contributed by atoms with Gasteiger partial charge in [-0.25, -0.2) is 13.2 Å². The van der Waals surface area contributed by atoms with Gasteiger partial charge in [0.15, 0.2) is 0 Å². The molecule has 10 heteroatoms. The van der Waals surface area contributed by atoms with Crippen LogP contribution in [0.4, 0.5) is 10.5 Å². The molecule has 42 heavy (non-hydrogen) atoms. The Morgan fingerprint density at radius 2 is 1.74 bits per heavy atom. The number of phenolic OH excluding ortho intramolecular Hbond substituents is 1. The van der Waals surface area contributed by atoms with Gasteiger partial charge >= 0.3 is 6.09 Å². The van der Waals surface area contributed by atoms with Gasteiger partial charge in [0.1, 0.15) is 11.5 Å². The van der Waals surface area contributed by atoms with E-state index in [-0.39, 0.29) is 40.3 Å². The zero-order chi connectivity index (χ0) is 30.9. The molecule has 0 saturated heterocycles. The Morgan fingerprint density at radius 1 is 1.07 bits per heavy atom. The molecule has 0 aliphatic heterocycles. The number of aryl methyl sites for hydroxylation is 1. The highest BCUT2D eigenvalue weighted by Crippen LogP contribution is 2.42. The van der Waals surface area contributed by atoms with Gasteiger partial charge in [-0.05, 0) is 99.2 Å². The lowest BCUT2D eigenvalue weighted by Gasteiger charge is -2.37. The van der Waals surface area contributed by atoms with Crippen molar-refractivity contribution in [3.05, 3.63) is 48.0 Å². The third-order valence-corrected chi connectivity index (χ3v) is 10.1. The smallest absolute Gasteiger partial charge is 0.407 e. The maximum Gasteiger partial charge on any atom is 0.407 e. The number of anilines is 1. The van der Waals surface area contributed by atoms with Crippen LogP contribution in [-0.2, 0) is 21.2 Å². The lowest BCUT2D eigenvalue weighted by Crippen LogP contribution is -2.45. The molecular weight excluding hydrogens is 556 g/mol. The molecule has 9 nitrogen and oxygen atoms in total. The van der Waals surface area contributed by atoms with Crippen LogP contribution in [0.25, 0.3) is 0 Å². The summed E-state index contributed by atoms with van der Waals surface area (Å²) in [5.41, 5.74) is 0.976. The van der Waals surface area contributed by atoms with E-state index in [9.17, 15) is 23.4 Å². The molecule has 2 aromatic rings. The molecule has 0 bridgehead atoms. The summed E-state index contributed by atoms with van der Waals surface area (Å²) in [7, 11) is -2.43. The third-order valence-electron chi connectivity index (χ3n) is 8.27. The van der Waals surface area contributed by atoms with Gasteiger partial charge in [-0.1, -0.05) is 32.8 Å². The molecule has 0 heterocycles. The minimum absolute atomic E-state index is 0.0108. The van der Waals surface area contributed by atoms with E-state index >= 15 is 0 Å². The summed E-state index contributed by atoms with van der Waals surface area (Å²) in [6, 6.07) is 11.0. The Morgan fingerprint density at radius 3 is 2.29 bits per heavy atom. The van der Waals surface area contributed by atoms with Gasteiger partial charge in [0.05, 0.1) is 17.7 Å². The summed E-state index contributed by atoms with van der Waals surface area (Å²) in [5, 5.41) is 21.1. The molecule has 1 atom stereocenters. The highest BCUT2D eigenvalue weighted by Gasteiger charge is 2.38. The highest BCUT2D eigenvalue weighted by atomic mass is 32.2. The van der Waals surface area contributed by atoms with Crippen LogP contribution in [-0.4, -0.2) is 69.1 Å². The average Bonchev–Trinajstić information content (AvgIpc) is 3.42. The average molecular weight is 605 g/mol. The molecule has 0 radical (unpaired) electrons. The molecule has 0 unspecified atom stereocenters. The number of methoxy groups -OCH3 is 1. The van der Waals surface area contributed by atoms with Crippen molar-refractivity contribution in [2.45, 2.75) is 83.6 Å². The predicted molar refractivity (Wildman–Crippen MR) is 165 cm³/mol. The van der Waals surface area contributed by atoms with Crippen LogP contribution in [0.15, 0.2) is 47.4 Å². The molecule has 1 aliphatic rings. The number of aromatic hydroxyl groups is 1. The molecule has 1 aliphatic carbocycles. The fourth-order valence-corrected chi connectivity index (χ4v) is 7.46. The first kappa shape index (κ1) is 33.5. The first-order chi connectivity index (χ1) is 19.9. The number of ether oxygens (including phenoxy) is 2. The number of carboxylic acid groups (broad SMARTS) is 1. The molecule has 1 fully saturated rings. The molecule has 1 saturated carbocycles. The summed E-state index contributed by atoms with van der Waals surface area (Å²) < 4.78 is 39.2. The predicted octanol–water partition coefficient (Wildman–Crippen LogP) is 6.54. The second kappa shape index (κ2) is 15.0. The lowest BCUT2D eigenvalue weighted by molar-refractivity contribution is 0.0606. The van der Waals surface area contributed by atoms with Gasteiger partial charge in [0.25, 0.3) is 10.0 Å². The van der Waals surface area contributed by atoms with E-state index in [1.165, 1.54) is 23.5 Å². The number of nitrogens with zero attached hydrogens (tertiary/aromatic N) is 2. The fraction of sp³-hybridized carbons (Fsp3) is 0.594. The molecular formula is C32H48N2O7S. The van der Waals surface area contributed by atoms with Crippen LogP contribution in [0, 0.1) is 11.3 Å². The lowest BCUT2D eigenvalue weighted by atomic mass is 9.82. The van der Waals surface area contributed by atoms with E-state index in [4.69, 9.17) is 9.47 Å². The first-order valence-corrected chi connectivity index (χ1v) is 16.4. The number of amides is 1. The van der Waals surface area contributed by atoms with Crippen molar-refractivity contribution in [1.29, 1.82) is 0 Å². The first-order valence-electron chi connectivity index (χ1n) is 15.0. The number of hydrogen-bond acceptors (Lipinski definition) is 6. The van der Waals surface area contributed by atoms with E-state index in [0.29, 0.717) is 38.3 Å². The minimum atomic E-state index is -3.95. The Balaban J connectivity index is 1.75. The summed E-state index contributed by atoms with van der Waals surface area (Å²) >= 11 is 0. The third kappa shape index (κ3) is 8.53. The van der Waals surface area contributed by atoms with Crippen LogP contribution in [0.5, 0.6) is 11.5 Å². The number of carbonyl (C=O) groups is 1. The Bertz CT molecular complexity index is 1260. The van der Waals surface area contributed by atoms with E-state index in [2.05, 4.69) is 0 Å². The zero-order valence-corrected chi connectivity index (χ0v) is 26.5. The highest BCUT2D eigenvalue weighted by molar-refractivity contribution is 7.92. The van der Waals surface area contributed by atoms with Crippen molar-refractivity contribution in [3.8, 4) is 11.5 Å². The SMILES string of the molecule is CCOCCC1(CN(C(=O)O)[C@@H](C)CCc2ccc(N(CC(C)C)S(=O)(=O)c3ccc(OC)cc3)c(O)c2)CCCC1. The van der Waals surface area contributed by atoms with Gasteiger partial charge in [0, 0.05) is 32.3 Å². The van der Waals surface area contributed by atoms with Gasteiger partial charge < -0.3 is 24.6 Å². The van der Waals surface area contributed by atoms with E-state index in [1.807, 2.05) is 33.8 Å². The standard InChI is InChI=1S/C32H48N2O7S/c1-6-41-20-19-32(17-7-8-18-32)23-33(31(36)37)25(4)9-10-26-11-16-29(30(35)21-26)34(22-24(2)3)42(38,39)28-14-12-27(40-5)13-15-28/h11-16,21,24-25,35H,6-10,17-20,22-23H2,1-5H3,(H,36,37)/t25-/m0/s1. The van der Waals surface area contributed by atoms with Crippen LogP contribution in [0.3, 0.4) is 0 Å². The molecule has 0 aromatic heterocycles. The molecule has 2 aromatic carbocycles. The van der Waals surface area contributed by atoms with Gasteiger partial charge in [0.2, 0.25) is 0 Å². The van der Waals surface area contributed by atoms with Gasteiger partial charge in [-0.3, -0.25) is 4.31 Å². The summed E-state index contributed by atoms with van der Waals surface area (Å²) in [5.74, 6) is 0.432. The van der Waals surface area contributed by atoms with Crippen LogP contribution < -0.4 is 9.04 Å². The number of rotatable bonds is 16. The van der Waals surface area contributed by atoms with Crippen molar-refractivity contribution >= 4 is 21.8 Å². The number of sulfonamides is 1. The van der Waals surface area contributed by atoms with Crippen molar-refractivity contribution in [3.63, 3.8) is 0 Å². The number of phenols is 1. The van der Waals surface area contributed by atoms with Crippen LogP contribution in [0.1, 0.15) is 71.8 Å². The van der Waals surface area contributed by atoms with Gasteiger partial charge in [-0.2, -0.15) is 0 Å². The molecule has 234 valence electrons. The maximum absolute atomic E-state index is 13.6. The minimum Gasteiger partial charge on any atom is -0.506 e. The van der Waals surface area contributed by atoms with Crippen molar-refractivity contribution in [1.82, 2.24) is 4.90 Å². The van der Waals surface area contributed by atoms with E-state index in [1.54, 1.807) is 29.2 Å². The zero-order valence-electron chi connectivity index (χ0n) is 25.7. The van der Waals surface area contributed by atoms with Crippen molar-refractivity contribution in [2.24, 2.45) is 11.3 Å². The van der Waals surface area contributed by atoms with E-state index < -0.39 is 16.1 Å². The quantitative estimate of drug-likeness (QED) is 0.209. The monoisotopic (exact) mass is 604 g/mol. The fourth-order valence-electron chi connectivity index (χ4n) is 5.82. The Labute approximate surface area is 251 Å². The topological polar surface area (TPSA) is 117 Å². The normalized spacial score (nSPS) is 15.5. The van der Waals surface area contributed by atoms with Gasteiger partial charge in [-0.15, -0.1) is 0 Å². The molecule has 2 N–H and O–H groups in total. The maximum atomic E-state index is 13.6. The summed E-state index contributed by atoms with van der Waals surface area (Å²) in [4.78, 5) is 14.0. The summed E-state index contributed by atoms with van der Waals surface area (Å²) in [6.45, 7) is 9.73. The molecule has 1 amide bonds. The van der Waals surface area contributed by atoms with Crippen LogP contribution >= 0.6 is 0 Å². The molecule has 3 rings (SSSR count). The largest absolute Gasteiger partial charge is 0.506 e.